The predicted octanol–water partition coefficient (Wildman–Crippen LogP) is 4.02. The van der Waals surface area contributed by atoms with E-state index in [0.717, 1.165) is 63.0 Å². The van der Waals surface area contributed by atoms with Crippen LogP contribution in [0.1, 0.15) is 57.4 Å². The maximum Gasteiger partial charge on any atom is 0.225 e. The molecule has 2 aliphatic heterocycles. The summed E-state index contributed by atoms with van der Waals surface area (Å²) in [5.74, 6) is 1.53. The van der Waals surface area contributed by atoms with Gasteiger partial charge in [0.2, 0.25) is 5.91 Å². The largest absolute Gasteiger partial charge is 0.494 e. The van der Waals surface area contributed by atoms with Gasteiger partial charge in [-0.2, -0.15) is 5.10 Å². The summed E-state index contributed by atoms with van der Waals surface area (Å²) in [4.78, 5) is 20.4. The minimum atomic E-state index is 0.234. The number of likely N-dealkylation sites (tertiary alicyclic amines) is 1. The lowest BCUT2D eigenvalue weighted by molar-refractivity contribution is -0.137. The quantitative estimate of drug-likeness (QED) is 0.600. The summed E-state index contributed by atoms with van der Waals surface area (Å²) < 4.78 is 7.60. The van der Waals surface area contributed by atoms with E-state index >= 15 is 0 Å². The Hall–Kier alpha value is -2.54. The lowest BCUT2D eigenvalue weighted by Crippen LogP contribution is -2.51. The van der Waals surface area contributed by atoms with Crippen molar-refractivity contribution in [1.82, 2.24) is 19.6 Å². The third kappa shape index (κ3) is 6.00. The van der Waals surface area contributed by atoms with Crippen LogP contribution in [0.5, 0.6) is 5.75 Å². The summed E-state index contributed by atoms with van der Waals surface area (Å²) in [5, 5.41) is 4.59. The third-order valence-electron chi connectivity index (χ3n) is 8.08. The molecule has 3 fully saturated rings. The van der Waals surface area contributed by atoms with Crippen molar-refractivity contribution in [1.29, 1.82) is 0 Å². The molecule has 1 saturated carbocycles. The average Bonchev–Trinajstić information content (AvgIpc) is 3.38. The molecular weight excluding hydrogens is 438 g/mol. The Balaban J connectivity index is 1.08. The number of piperidine rings is 1. The summed E-state index contributed by atoms with van der Waals surface area (Å²) >= 11 is 0. The van der Waals surface area contributed by atoms with Gasteiger partial charge in [0.25, 0.3) is 0 Å². The molecule has 2 aromatic rings. The van der Waals surface area contributed by atoms with Gasteiger partial charge in [0, 0.05) is 44.3 Å². The highest BCUT2D eigenvalue weighted by atomic mass is 16.5. The predicted molar refractivity (Wildman–Crippen MR) is 139 cm³/mol. The second-order valence-electron chi connectivity index (χ2n) is 10.4. The standard InChI is InChI=1S/C28H41N5O2/c1-2-35-27-8-6-7-23(19-27)21-33-22-26(20-29-33)31-15-17-32(18-16-31)28(34)24-9-11-25(12-10-24)30-13-4-3-5-14-30/h6-8,19-20,22,24-25H,2-5,9-18,21H2,1H3/t24-,25-. The van der Waals surface area contributed by atoms with Gasteiger partial charge in [-0.15, -0.1) is 0 Å². The number of rotatable bonds is 7. The Morgan fingerprint density at radius 3 is 2.51 bits per heavy atom. The van der Waals surface area contributed by atoms with Crippen LogP contribution in [-0.2, 0) is 11.3 Å². The van der Waals surface area contributed by atoms with Crippen LogP contribution < -0.4 is 9.64 Å². The SMILES string of the molecule is CCOc1cccc(Cn2cc(N3CCN(C(=O)[C@H]4CC[C@H](N5CCCCC5)CC4)CC3)cn2)c1. The second kappa shape index (κ2) is 11.5. The number of amides is 1. The van der Waals surface area contributed by atoms with Crippen LogP contribution in [0.3, 0.4) is 0 Å². The number of ether oxygens (including phenoxy) is 1. The van der Waals surface area contributed by atoms with Gasteiger partial charge in [-0.3, -0.25) is 9.48 Å². The van der Waals surface area contributed by atoms with Gasteiger partial charge in [-0.25, -0.2) is 0 Å². The molecule has 0 bridgehead atoms. The van der Waals surface area contributed by atoms with Gasteiger partial charge in [0.15, 0.2) is 0 Å². The molecular formula is C28H41N5O2. The van der Waals surface area contributed by atoms with E-state index < -0.39 is 0 Å². The number of piperazine rings is 1. The first-order chi connectivity index (χ1) is 17.2. The minimum Gasteiger partial charge on any atom is -0.494 e. The van der Waals surface area contributed by atoms with Crippen LogP contribution in [0.4, 0.5) is 5.69 Å². The van der Waals surface area contributed by atoms with Crippen molar-refractivity contribution < 1.29 is 9.53 Å². The normalized spacial score (nSPS) is 23.9. The number of benzene rings is 1. The average molecular weight is 480 g/mol. The molecule has 2 saturated heterocycles. The zero-order chi connectivity index (χ0) is 24.0. The first kappa shape index (κ1) is 24.2. The van der Waals surface area contributed by atoms with E-state index in [2.05, 4.69) is 38.1 Å². The molecule has 1 aromatic carbocycles. The van der Waals surface area contributed by atoms with Gasteiger partial charge in [0.05, 0.1) is 25.0 Å². The summed E-state index contributed by atoms with van der Waals surface area (Å²) in [6.45, 7) is 9.30. The Morgan fingerprint density at radius 1 is 1.00 bits per heavy atom. The summed E-state index contributed by atoms with van der Waals surface area (Å²) in [7, 11) is 0. The molecule has 0 radical (unpaired) electrons. The zero-order valence-corrected chi connectivity index (χ0v) is 21.3. The molecule has 0 atom stereocenters. The first-order valence-corrected chi connectivity index (χ1v) is 13.7. The molecule has 0 spiro atoms. The number of anilines is 1. The third-order valence-corrected chi connectivity index (χ3v) is 8.08. The minimum absolute atomic E-state index is 0.234. The Labute approximate surface area is 210 Å². The van der Waals surface area contributed by atoms with Gasteiger partial charge in [-0.05, 0) is 76.2 Å². The fraction of sp³-hybridized carbons (Fsp3) is 0.643. The Bertz CT molecular complexity index is 954. The zero-order valence-electron chi connectivity index (χ0n) is 21.3. The maximum absolute atomic E-state index is 13.2. The number of hydrogen-bond donors (Lipinski definition) is 0. The molecule has 190 valence electrons. The van der Waals surface area contributed by atoms with Crippen molar-refractivity contribution in [3.8, 4) is 5.75 Å². The second-order valence-corrected chi connectivity index (χ2v) is 10.4. The number of hydrogen-bond acceptors (Lipinski definition) is 5. The molecule has 1 amide bonds. The van der Waals surface area contributed by atoms with Crippen molar-refractivity contribution in [3.63, 3.8) is 0 Å². The van der Waals surface area contributed by atoms with Crippen LogP contribution >= 0.6 is 0 Å². The van der Waals surface area contributed by atoms with Crippen molar-refractivity contribution in [2.45, 2.75) is 64.5 Å². The number of aromatic nitrogens is 2. The molecule has 5 rings (SSSR count). The highest BCUT2D eigenvalue weighted by Gasteiger charge is 2.33. The Morgan fingerprint density at radius 2 is 1.77 bits per heavy atom. The van der Waals surface area contributed by atoms with Crippen LogP contribution in [0.2, 0.25) is 0 Å². The summed E-state index contributed by atoms with van der Waals surface area (Å²) in [6, 6.07) is 8.92. The number of carbonyl (C=O) groups excluding carboxylic acids is 1. The molecule has 35 heavy (non-hydrogen) atoms. The summed E-state index contributed by atoms with van der Waals surface area (Å²) in [6.07, 6.45) is 12.7. The van der Waals surface area contributed by atoms with E-state index in [1.165, 1.54) is 50.8 Å². The summed E-state index contributed by atoms with van der Waals surface area (Å²) in [5.41, 5.74) is 2.32. The fourth-order valence-corrected chi connectivity index (χ4v) is 6.10. The van der Waals surface area contributed by atoms with Crippen LogP contribution in [0, 0.1) is 5.92 Å². The highest BCUT2D eigenvalue weighted by molar-refractivity contribution is 5.79. The van der Waals surface area contributed by atoms with Gasteiger partial charge in [0.1, 0.15) is 5.75 Å². The molecule has 1 aliphatic carbocycles. The topological polar surface area (TPSA) is 53.8 Å². The van der Waals surface area contributed by atoms with Crippen molar-refractivity contribution in [2.75, 3.05) is 50.8 Å². The van der Waals surface area contributed by atoms with E-state index in [-0.39, 0.29) is 5.92 Å². The van der Waals surface area contributed by atoms with Crippen LogP contribution in [0.15, 0.2) is 36.7 Å². The molecule has 1 aromatic heterocycles. The van der Waals surface area contributed by atoms with Crippen molar-refractivity contribution in [2.24, 2.45) is 5.92 Å². The van der Waals surface area contributed by atoms with Crippen LogP contribution in [0.25, 0.3) is 0 Å². The monoisotopic (exact) mass is 479 g/mol. The number of nitrogens with zero attached hydrogens (tertiary/aromatic N) is 5. The van der Waals surface area contributed by atoms with E-state index in [9.17, 15) is 4.79 Å². The lowest BCUT2D eigenvalue weighted by Gasteiger charge is -2.41. The van der Waals surface area contributed by atoms with E-state index in [1.807, 2.05) is 29.9 Å². The lowest BCUT2D eigenvalue weighted by atomic mass is 9.83. The number of carbonyl (C=O) groups is 1. The van der Waals surface area contributed by atoms with Gasteiger partial charge >= 0.3 is 0 Å². The Kier molecular flexibility index (Phi) is 7.92. The van der Waals surface area contributed by atoms with Crippen LogP contribution in [-0.4, -0.2) is 77.4 Å². The van der Waals surface area contributed by atoms with Gasteiger partial charge in [-0.1, -0.05) is 18.6 Å². The fourth-order valence-electron chi connectivity index (χ4n) is 6.10. The molecule has 0 unspecified atom stereocenters. The van der Waals surface area contributed by atoms with Gasteiger partial charge < -0.3 is 19.4 Å². The van der Waals surface area contributed by atoms with E-state index in [0.29, 0.717) is 12.5 Å². The van der Waals surface area contributed by atoms with Crippen molar-refractivity contribution >= 4 is 11.6 Å². The van der Waals surface area contributed by atoms with E-state index in [4.69, 9.17) is 4.74 Å². The molecule has 3 heterocycles. The first-order valence-electron chi connectivity index (χ1n) is 13.7. The molecule has 3 aliphatic rings. The highest BCUT2D eigenvalue weighted by Crippen LogP contribution is 2.31. The van der Waals surface area contributed by atoms with Crippen molar-refractivity contribution in [3.05, 3.63) is 42.2 Å². The molecule has 7 heteroatoms. The van der Waals surface area contributed by atoms with E-state index in [1.54, 1.807) is 0 Å². The molecule has 7 nitrogen and oxygen atoms in total. The smallest absolute Gasteiger partial charge is 0.225 e. The molecule has 0 N–H and O–H groups in total. The maximum atomic E-state index is 13.2.